The maximum absolute atomic E-state index is 6.19. The quantitative estimate of drug-likeness (QED) is 0.693. The van der Waals surface area contributed by atoms with Crippen LogP contribution < -0.4 is 10.1 Å². The summed E-state index contributed by atoms with van der Waals surface area (Å²) in [6, 6.07) is 5.26. The number of fused-ring (bicyclic) bond motifs is 1. The van der Waals surface area contributed by atoms with Crippen LogP contribution in [0.3, 0.4) is 0 Å². The fraction of sp³-hybridized carbons (Fsp3) is 0.214. The van der Waals surface area contributed by atoms with Crippen molar-refractivity contribution < 1.29 is 4.74 Å². The number of thiophene rings is 1. The summed E-state index contributed by atoms with van der Waals surface area (Å²) in [5.41, 5.74) is 0. The average Bonchev–Trinajstić information content (AvgIpc) is 2.88. The Labute approximate surface area is 141 Å². The van der Waals surface area contributed by atoms with Gasteiger partial charge in [-0.05, 0) is 13.0 Å². The predicted octanol–water partition coefficient (Wildman–Crippen LogP) is 4.27. The molecule has 0 radical (unpaired) electrons. The van der Waals surface area contributed by atoms with Crippen LogP contribution in [0.5, 0.6) is 5.88 Å². The molecule has 0 amide bonds. The molecule has 3 aromatic rings. The lowest BCUT2D eigenvalue weighted by Gasteiger charge is -2.15. The highest BCUT2D eigenvalue weighted by atomic mass is 35.5. The SMILES string of the molecule is CC(COc1cccc(Cl)n1)Nc1ncnc2scc(Cl)c12. The zero-order valence-corrected chi connectivity index (χ0v) is 13.9. The van der Waals surface area contributed by atoms with Crippen molar-refractivity contribution in [1.82, 2.24) is 15.0 Å². The van der Waals surface area contributed by atoms with Crippen LogP contribution in [0, 0.1) is 0 Å². The Balaban J connectivity index is 1.68. The van der Waals surface area contributed by atoms with Crippen LogP contribution in [0.25, 0.3) is 10.2 Å². The van der Waals surface area contributed by atoms with Crippen molar-refractivity contribution in [2.75, 3.05) is 11.9 Å². The van der Waals surface area contributed by atoms with Gasteiger partial charge in [-0.2, -0.15) is 0 Å². The van der Waals surface area contributed by atoms with Crippen molar-refractivity contribution in [2.45, 2.75) is 13.0 Å². The highest BCUT2D eigenvalue weighted by Gasteiger charge is 2.12. The summed E-state index contributed by atoms with van der Waals surface area (Å²) in [6.45, 7) is 2.40. The molecule has 22 heavy (non-hydrogen) atoms. The van der Waals surface area contributed by atoms with E-state index in [-0.39, 0.29) is 6.04 Å². The summed E-state index contributed by atoms with van der Waals surface area (Å²) in [5, 5.41) is 7.02. The van der Waals surface area contributed by atoms with Gasteiger partial charge in [0.1, 0.15) is 28.7 Å². The number of anilines is 1. The standard InChI is InChI=1S/C14H12Cl2N4OS/c1-8(5-21-11-4-2-3-10(16)20-11)19-13-12-9(15)6-22-14(12)18-7-17-13/h2-4,6-8H,5H2,1H3,(H,17,18,19). The van der Waals surface area contributed by atoms with Gasteiger partial charge in [0.05, 0.1) is 16.5 Å². The highest BCUT2D eigenvalue weighted by molar-refractivity contribution is 7.17. The van der Waals surface area contributed by atoms with Crippen LogP contribution in [-0.4, -0.2) is 27.6 Å². The molecule has 0 aliphatic carbocycles. The Hall–Kier alpha value is -1.63. The molecule has 1 unspecified atom stereocenters. The molecule has 1 atom stereocenters. The molecular weight excluding hydrogens is 343 g/mol. The molecule has 0 aromatic carbocycles. The van der Waals surface area contributed by atoms with Crippen molar-refractivity contribution in [3.05, 3.63) is 40.1 Å². The van der Waals surface area contributed by atoms with Crippen LogP contribution in [0.4, 0.5) is 5.82 Å². The molecule has 0 aliphatic heterocycles. The van der Waals surface area contributed by atoms with Gasteiger partial charge >= 0.3 is 0 Å². The average molecular weight is 355 g/mol. The minimum Gasteiger partial charge on any atom is -0.475 e. The van der Waals surface area contributed by atoms with Crippen LogP contribution >= 0.6 is 34.5 Å². The van der Waals surface area contributed by atoms with E-state index < -0.39 is 0 Å². The van der Waals surface area contributed by atoms with Crippen LogP contribution in [0.15, 0.2) is 29.9 Å². The summed E-state index contributed by atoms with van der Waals surface area (Å²) < 4.78 is 5.61. The first-order chi connectivity index (χ1) is 10.6. The van der Waals surface area contributed by atoms with Crippen molar-refractivity contribution in [1.29, 1.82) is 0 Å². The maximum atomic E-state index is 6.19. The summed E-state index contributed by atoms with van der Waals surface area (Å²) >= 11 is 13.5. The van der Waals surface area contributed by atoms with E-state index in [1.807, 2.05) is 12.3 Å². The minimum absolute atomic E-state index is 0.00912. The third-order valence-corrected chi connectivity index (χ3v) is 4.40. The summed E-state index contributed by atoms with van der Waals surface area (Å²) in [6.07, 6.45) is 1.52. The van der Waals surface area contributed by atoms with E-state index >= 15 is 0 Å². The normalized spacial score (nSPS) is 12.3. The number of pyridine rings is 1. The zero-order chi connectivity index (χ0) is 15.5. The first-order valence-corrected chi connectivity index (χ1v) is 8.16. The van der Waals surface area contributed by atoms with Gasteiger partial charge < -0.3 is 10.1 Å². The van der Waals surface area contributed by atoms with Crippen molar-refractivity contribution >= 4 is 50.6 Å². The minimum atomic E-state index is 0.00912. The van der Waals surface area contributed by atoms with E-state index in [1.54, 1.807) is 18.2 Å². The van der Waals surface area contributed by atoms with E-state index in [2.05, 4.69) is 20.3 Å². The van der Waals surface area contributed by atoms with Crippen LogP contribution in [-0.2, 0) is 0 Å². The molecule has 0 saturated heterocycles. The topological polar surface area (TPSA) is 59.9 Å². The van der Waals surface area contributed by atoms with Crippen molar-refractivity contribution in [2.24, 2.45) is 0 Å². The second kappa shape index (κ2) is 6.64. The fourth-order valence-corrected chi connectivity index (χ4v) is 3.20. The van der Waals surface area contributed by atoms with Gasteiger partial charge in [0.15, 0.2) is 0 Å². The third kappa shape index (κ3) is 3.40. The molecule has 8 heteroatoms. The lowest BCUT2D eigenvalue weighted by Crippen LogP contribution is -2.24. The number of nitrogens with one attached hydrogen (secondary N) is 1. The Morgan fingerprint density at radius 3 is 3.00 bits per heavy atom. The van der Waals surface area contributed by atoms with Gasteiger partial charge in [0.2, 0.25) is 5.88 Å². The third-order valence-electron chi connectivity index (χ3n) is 2.88. The van der Waals surface area contributed by atoms with Crippen molar-refractivity contribution in [3.63, 3.8) is 0 Å². The number of aromatic nitrogens is 3. The van der Waals surface area contributed by atoms with Crippen LogP contribution in [0.2, 0.25) is 10.2 Å². The van der Waals surface area contributed by atoms with Gasteiger partial charge in [-0.1, -0.05) is 29.3 Å². The van der Waals surface area contributed by atoms with Gasteiger partial charge in [-0.15, -0.1) is 11.3 Å². The fourth-order valence-electron chi connectivity index (χ4n) is 1.91. The van der Waals surface area contributed by atoms with Gasteiger partial charge in [0.25, 0.3) is 0 Å². The van der Waals surface area contributed by atoms with E-state index in [1.165, 1.54) is 17.7 Å². The van der Waals surface area contributed by atoms with Crippen molar-refractivity contribution in [3.8, 4) is 5.88 Å². The number of rotatable bonds is 5. The number of nitrogens with zero attached hydrogens (tertiary/aromatic N) is 3. The van der Waals surface area contributed by atoms with E-state index in [0.29, 0.717) is 28.5 Å². The molecule has 0 bridgehead atoms. The molecule has 3 aromatic heterocycles. The molecule has 0 aliphatic rings. The largest absolute Gasteiger partial charge is 0.475 e. The van der Waals surface area contributed by atoms with Gasteiger partial charge in [-0.3, -0.25) is 0 Å². The molecule has 0 saturated carbocycles. The summed E-state index contributed by atoms with van der Waals surface area (Å²) in [4.78, 5) is 13.4. The monoisotopic (exact) mass is 354 g/mol. The molecular formula is C14H12Cl2N4OS. The summed E-state index contributed by atoms with van der Waals surface area (Å²) in [5.74, 6) is 1.19. The Kier molecular flexibility index (Phi) is 4.61. The first kappa shape index (κ1) is 15.3. The number of hydrogen-bond acceptors (Lipinski definition) is 6. The number of halogens is 2. The van der Waals surface area contributed by atoms with Crippen LogP contribution in [0.1, 0.15) is 6.92 Å². The Morgan fingerprint density at radius 1 is 1.32 bits per heavy atom. The van der Waals surface area contributed by atoms with E-state index in [4.69, 9.17) is 27.9 Å². The molecule has 1 N–H and O–H groups in total. The Morgan fingerprint density at radius 2 is 2.18 bits per heavy atom. The second-order valence-electron chi connectivity index (χ2n) is 4.64. The van der Waals surface area contributed by atoms with Gasteiger partial charge in [-0.25, -0.2) is 15.0 Å². The van der Waals surface area contributed by atoms with E-state index in [0.717, 1.165) is 10.2 Å². The molecule has 0 fully saturated rings. The predicted molar refractivity (Wildman–Crippen MR) is 90.3 cm³/mol. The zero-order valence-electron chi connectivity index (χ0n) is 11.6. The second-order valence-corrected chi connectivity index (χ2v) is 6.29. The lowest BCUT2D eigenvalue weighted by molar-refractivity contribution is 0.292. The molecule has 0 spiro atoms. The number of ether oxygens (including phenoxy) is 1. The molecule has 5 nitrogen and oxygen atoms in total. The highest BCUT2D eigenvalue weighted by Crippen LogP contribution is 2.32. The molecule has 3 heterocycles. The molecule has 114 valence electrons. The maximum Gasteiger partial charge on any atom is 0.214 e. The molecule has 3 rings (SSSR count). The summed E-state index contributed by atoms with van der Waals surface area (Å²) in [7, 11) is 0. The van der Waals surface area contributed by atoms with Gasteiger partial charge in [0, 0.05) is 11.4 Å². The lowest BCUT2D eigenvalue weighted by atomic mass is 10.3. The first-order valence-electron chi connectivity index (χ1n) is 6.53. The number of hydrogen-bond donors (Lipinski definition) is 1. The smallest absolute Gasteiger partial charge is 0.214 e. The Bertz CT molecular complexity index is 795. The van der Waals surface area contributed by atoms with E-state index in [9.17, 15) is 0 Å².